The molecule has 6 heteroatoms. The second kappa shape index (κ2) is 20.7. The van der Waals surface area contributed by atoms with Crippen molar-refractivity contribution in [1.29, 1.82) is 0 Å². The molecule has 0 aromatic heterocycles. The molecule has 0 radical (unpaired) electrons. The standard InChI is InChI=1S/C44H76O6/c1-3-5-7-9-32-11-15-34(16-12-32)27-36-19-21-38(22-20-36)29-48-50-41-31-47-42-40(30-46-43(41)42)49-44(45)39-25-23-37(24-26-39)28-35-17-13-33(14-18-35)10-8-6-4-2/h32-43H,3-31H2,1-2H3. The minimum Gasteiger partial charge on any atom is -0.457 e. The first-order valence-electron chi connectivity index (χ1n) is 22.3. The molecule has 4 aliphatic carbocycles. The minimum absolute atomic E-state index is 0.0295. The summed E-state index contributed by atoms with van der Waals surface area (Å²) in [5.41, 5.74) is 0. The van der Waals surface area contributed by atoms with Gasteiger partial charge in [-0.3, -0.25) is 4.79 Å². The Balaban J connectivity index is 0.799. The number of hydrogen-bond acceptors (Lipinski definition) is 6. The Hall–Kier alpha value is -0.690. The van der Waals surface area contributed by atoms with Crippen molar-refractivity contribution in [3.63, 3.8) is 0 Å². The predicted octanol–water partition coefficient (Wildman–Crippen LogP) is 11.2. The summed E-state index contributed by atoms with van der Waals surface area (Å²) in [6.07, 6.45) is 34.2. The van der Waals surface area contributed by atoms with Crippen molar-refractivity contribution in [2.45, 2.75) is 205 Å². The van der Waals surface area contributed by atoms with Gasteiger partial charge in [-0.25, -0.2) is 9.78 Å². The third-order valence-corrected chi connectivity index (χ3v) is 14.6. The maximum Gasteiger partial charge on any atom is 0.309 e. The first kappa shape index (κ1) is 39.0. The van der Waals surface area contributed by atoms with Crippen LogP contribution in [0.2, 0.25) is 0 Å². The van der Waals surface area contributed by atoms with E-state index in [0.29, 0.717) is 25.7 Å². The molecule has 2 aliphatic heterocycles. The molecule has 0 N–H and O–H groups in total. The van der Waals surface area contributed by atoms with E-state index in [0.717, 1.165) is 48.3 Å². The summed E-state index contributed by atoms with van der Waals surface area (Å²) >= 11 is 0. The van der Waals surface area contributed by atoms with Crippen LogP contribution in [0.1, 0.15) is 181 Å². The molecule has 0 amide bonds. The Morgan fingerprint density at radius 1 is 0.520 bits per heavy atom. The van der Waals surface area contributed by atoms with Gasteiger partial charge in [0.25, 0.3) is 0 Å². The summed E-state index contributed by atoms with van der Waals surface area (Å²) in [7, 11) is 0. The van der Waals surface area contributed by atoms with E-state index in [1.165, 1.54) is 154 Å². The second-order valence-corrected chi connectivity index (χ2v) is 18.3. The zero-order chi connectivity index (χ0) is 34.5. The van der Waals surface area contributed by atoms with Gasteiger partial charge >= 0.3 is 5.97 Å². The van der Waals surface area contributed by atoms with Gasteiger partial charge in [-0.05, 0) is 92.8 Å². The van der Waals surface area contributed by atoms with Gasteiger partial charge < -0.3 is 14.2 Å². The van der Waals surface area contributed by atoms with Crippen LogP contribution in [-0.2, 0) is 28.8 Å². The van der Waals surface area contributed by atoms with Gasteiger partial charge in [0.05, 0.1) is 25.7 Å². The Morgan fingerprint density at radius 2 is 0.940 bits per heavy atom. The quantitative estimate of drug-likeness (QED) is 0.0614. The fourth-order valence-corrected chi connectivity index (χ4v) is 11.2. The van der Waals surface area contributed by atoms with E-state index in [1.807, 2.05) is 0 Å². The summed E-state index contributed by atoms with van der Waals surface area (Å²) in [6, 6.07) is 0. The molecular formula is C44H76O6. The maximum absolute atomic E-state index is 13.2. The molecule has 0 spiro atoms. The molecule has 6 fully saturated rings. The summed E-state index contributed by atoms with van der Waals surface area (Å²) in [4.78, 5) is 24.9. The van der Waals surface area contributed by atoms with Gasteiger partial charge in [0, 0.05) is 0 Å². The summed E-state index contributed by atoms with van der Waals surface area (Å²) < 4.78 is 18.2. The number of unbranched alkanes of at least 4 members (excludes halogenated alkanes) is 4. The van der Waals surface area contributed by atoms with Crippen LogP contribution in [0.5, 0.6) is 0 Å². The molecular weight excluding hydrogens is 624 g/mol. The second-order valence-electron chi connectivity index (χ2n) is 18.3. The zero-order valence-corrected chi connectivity index (χ0v) is 32.4. The van der Waals surface area contributed by atoms with E-state index in [1.54, 1.807) is 0 Å². The van der Waals surface area contributed by atoms with Crippen LogP contribution in [0, 0.1) is 47.3 Å². The largest absolute Gasteiger partial charge is 0.457 e. The topological polar surface area (TPSA) is 63.2 Å². The van der Waals surface area contributed by atoms with Crippen molar-refractivity contribution >= 4 is 5.97 Å². The lowest BCUT2D eigenvalue weighted by Crippen LogP contribution is -2.37. The number of rotatable bonds is 18. The van der Waals surface area contributed by atoms with E-state index in [-0.39, 0.29) is 36.3 Å². The molecule has 0 bridgehead atoms. The van der Waals surface area contributed by atoms with Gasteiger partial charge in [0.2, 0.25) is 0 Å². The fraction of sp³-hybridized carbons (Fsp3) is 0.977. The van der Waals surface area contributed by atoms with Crippen molar-refractivity contribution in [2.75, 3.05) is 19.8 Å². The van der Waals surface area contributed by atoms with E-state index in [2.05, 4.69) is 13.8 Å². The summed E-state index contributed by atoms with van der Waals surface area (Å²) in [5.74, 6) is 6.17. The lowest BCUT2D eigenvalue weighted by atomic mass is 9.72. The molecule has 2 heterocycles. The van der Waals surface area contributed by atoms with Gasteiger partial charge in [-0.1, -0.05) is 129 Å². The number of hydrogen-bond donors (Lipinski definition) is 0. The molecule has 4 unspecified atom stereocenters. The zero-order valence-electron chi connectivity index (χ0n) is 32.4. The Labute approximate surface area is 306 Å². The highest BCUT2D eigenvalue weighted by atomic mass is 17.2. The van der Waals surface area contributed by atoms with Crippen LogP contribution >= 0.6 is 0 Å². The maximum atomic E-state index is 13.2. The molecule has 2 saturated heterocycles. The third-order valence-electron chi connectivity index (χ3n) is 14.6. The third kappa shape index (κ3) is 11.7. The molecule has 4 saturated carbocycles. The smallest absolute Gasteiger partial charge is 0.309 e. The first-order valence-corrected chi connectivity index (χ1v) is 22.3. The van der Waals surface area contributed by atoms with E-state index in [4.69, 9.17) is 24.0 Å². The van der Waals surface area contributed by atoms with Gasteiger partial charge in [0.1, 0.15) is 18.3 Å². The summed E-state index contributed by atoms with van der Waals surface area (Å²) in [6.45, 7) is 6.10. The van der Waals surface area contributed by atoms with Crippen molar-refractivity contribution in [1.82, 2.24) is 0 Å². The lowest BCUT2D eigenvalue weighted by molar-refractivity contribution is -0.339. The van der Waals surface area contributed by atoms with Crippen LogP contribution in [0.25, 0.3) is 0 Å². The van der Waals surface area contributed by atoms with E-state index >= 15 is 0 Å². The van der Waals surface area contributed by atoms with E-state index < -0.39 is 0 Å². The highest BCUT2D eigenvalue weighted by Gasteiger charge is 2.51. The molecule has 50 heavy (non-hydrogen) atoms. The van der Waals surface area contributed by atoms with Crippen molar-refractivity contribution < 1.29 is 28.8 Å². The molecule has 4 atom stereocenters. The average molecular weight is 701 g/mol. The Kier molecular flexibility index (Phi) is 16.1. The number of esters is 1. The molecule has 0 aromatic rings. The van der Waals surface area contributed by atoms with Gasteiger partial charge in [-0.2, -0.15) is 0 Å². The van der Waals surface area contributed by atoms with Gasteiger partial charge in [-0.15, -0.1) is 0 Å². The Bertz CT molecular complexity index is 940. The number of carbonyl (C=O) groups is 1. The summed E-state index contributed by atoms with van der Waals surface area (Å²) in [5, 5.41) is 0. The van der Waals surface area contributed by atoms with Crippen LogP contribution < -0.4 is 0 Å². The molecule has 0 aromatic carbocycles. The monoisotopic (exact) mass is 701 g/mol. The molecule has 288 valence electrons. The number of ether oxygens (including phenoxy) is 3. The van der Waals surface area contributed by atoms with E-state index in [9.17, 15) is 4.79 Å². The highest BCUT2D eigenvalue weighted by Crippen LogP contribution is 2.42. The normalized spacial score (nSPS) is 39.3. The van der Waals surface area contributed by atoms with Crippen molar-refractivity contribution in [3.8, 4) is 0 Å². The average Bonchev–Trinajstić information content (AvgIpc) is 3.74. The van der Waals surface area contributed by atoms with Crippen LogP contribution in [0.15, 0.2) is 0 Å². The van der Waals surface area contributed by atoms with Gasteiger partial charge in [0.15, 0.2) is 6.10 Å². The SMILES string of the molecule is CCCCCC1CCC(CC2CCC(COOC3COC4C(OC(=O)C5CCC(CC6CCC(CCCCC)CC6)CC5)COC34)CC2)CC1. The molecule has 6 nitrogen and oxygen atoms in total. The predicted molar refractivity (Wildman–Crippen MR) is 199 cm³/mol. The first-order chi connectivity index (χ1) is 24.6. The minimum atomic E-state index is -0.335. The highest BCUT2D eigenvalue weighted by molar-refractivity contribution is 5.72. The Morgan fingerprint density at radius 3 is 1.44 bits per heavy atom. The number of fused-ring (bicyclic) bond motifs is 1. The van der Waals surface area contributed by atoms with Crippen molar-refractivity contribution in [3.05, 3.63) is 0 Å². The van der Waals surface area contributed by atoms with Crippen LogP contribution in [0.3, 0.4) is 0 Å². The lowest BCUT2D eigenvalue weighted by Gasteiger charge is -2.34. The van der Waals surface area contributed by atoms with Crippen molar-refractivity contribution in [2.24, 2.45) is 47.3 Å². The van der Waals surface area contributed by atoms with Crippen LogP contribution in [-0.4, -0.2) is 50.2 Å². The molecule has 6 rings (SSSR count). The van der Waals surface area contributed by atoms with Crippen LogP contribution in [0.4, 0.5) is 0 Å². The fourth-order valence-electron chi connectivity index (χ4n) is 11.2. The number of carbonyl (C=O) groups excluding carboxylic acids is 1. The molecule has 6 aliphatic rings.